The van der Waals surface area contributed by atoms with Gasteiger partial charge in [0.05, 0.1) is 10.7 Å². The zero-order valence-electron chi connectivity index (χ0n) is 11.5. The number of nitrogens with one attached hydrogen (secondary N) is 2. The Bertz CT molecular complexity index is 747. The van der Waals surface area contributed by atoms with Crippen molar-refractivity contribution in [3.05, 3.63) is 65.3 Å². The molecular formula is C16H13ClN4O. The minimum atomic E-state index is -0.543. The van der Waals surface area contributed by atoms with E-state index in [-0.39, 0.29) is 5.57 Å². The minimum Gasteiger partial charge on any atom is -0.399 e. The number of carbonyl (C=O) groups excluding carboxylic acids is 1. The molecule has 0 heterocycles. The molecule has 0 atom stereocenters. The first-order valence-corrected chi connectivity index (χ1v) is 6.76. The number of benzene rings is 2. The van der Waals surface area contributed by atoms with E-state index in [0.717, 1.165) is 0 Å². The van der Waals surface area contributed by atoms with E-state index in [1.54, 1.807) is 48.5 Å². The quantitative estimate of drug-likeness (QED) is 0.458. The summed E-state index contributed by atoms with van der Waals surface area (Å²) >= 11 is 5.96. The highest BCUT2D eigenvalue weighted by molar-refractivity contribution is 6.33. The summed E-state index contributed by atoms with van der Waals surface area (Å²) in [4.78, 5) is 12.1. The van der Waals surface area contributed by atoms with Gasteiger partial charge in [-0.2, -0.15) is 5.26 Å². The normalized spacial score (nSPS) is 10.6. The second kappa shape index (κ2) is 7.16. The van der Waals surface area contributed by atoms with Crippen molar-refractivity contribution in [3.63, 3.8) is 0 Å². The fraction of sp³-hybridized carbons (Fsp3) is 0. The molecule has 1 amide bonds. The van der Waals surface area contributed by atoms with Gasteiger partial charge < -0.3 is 16.4 Å². The Labute approximate surface area is 133 Å². The maximum Gasteiger partial charge on any atom is 0.267 e. The van der Waals surface area contributed by atoms with Crippen LogP contribution in [0.15, 0.2) is 60.3 Å². The highest BCUT2D eigenvalue weighted by Gasteiger charge is 2.10. The molecular weight excluding hydrogens is 300 g/mol. The van der Waals surface area contributed by atoms with Gasteiger partial charge in [0.15, 0.2) is 0 Å². The Morgan fingerprint density at radius 1 is 1.18 bits per heavy atom. The average Bonchev–Trinajstić information content (AvgIpc) is 2.52. The SMILES string of the molecule is N#C/C(=C/Nc1ccc(N)cc1)C(=O)Nc1ccccc1Cl. The Hall–Kier alpha value is -2.97. The van der Waals surface area contributed by atoms with Crippen LogP contribution < -0.4 is 16.4 Å². The van der Waals surface area contributed by atoms with E-state index < -0.39 is 5.91 Å². The van der Waals surface area contributed by atoms with E-state index in [1.807, 2.05) is 6.07 Å². The van der Waals surface area contributed by atoms with Gasteiger partial charge in [0.25, 0.3) is 5.91 Å². The third-order valence-corrected chi connectivity index (χ3v) is 3.11. The molecule has 110 valence electrons. The summed E-state index contributed by atoms with van der Waals surface area (Å²) in [6.45, 7) is 0. The van der Waals surface area contributed by atoms with Gasteiger partial charge in [0, 0.05) is 17.6 Å². The van der Waals surface area contributed by atoms with Crippen molar-refractivity contribution in [3.8, 4) is 6.07 Å². The number of rotatable bonds is 4. The zero-order chi connectivity index (χ0) is 15.9. The summed E-state index contributed by atoms with van der Waals surface area (Å²) in [7, 11) is 0. The first-order valence-electron chi connectivity index (χ1n) is 6.38. The van der Waals surface area contributed by atoms with Crippen molar-refractivity contribution in [2.75, 3.05) is 16.4 Å². The van der Waals surface area contributed by atoms with Crippen molar-refractivity contribution in [2.24, 2.45) is 0 Å². The van der Waals surface area contributed by atoms with Crippen molar-refractivity contribution < 1.29 is 4.79 Å². The number of anilines is 3. The summed E-state index contributed by atoms with van der Waals surface area (Å²) in [5.41, 5.74) is 7.31. The Morgan fingerprint density at radius 3 is 2.50 bits per heavy atom. The molecule has 0 bridgehead atoms. The smallest absolute Gasteiger partial charge is 0.267 e. The number of hydrogen-bond donors (Lipinski definition) is 3. The second-order valence-electron chi connectivity index (χ2n) is 4.37. The lowest BCUT2D eigenvalue weighted by molar-refractivity contribution is -0.112. The van der Waals surface area contributed by atoms with E-state index >= 15 is 0 Å². The Kier molecular flexibility index (Phi) is 5.02. The molecule has 0 saturated carbocycles. The van der Waals surface area contributed by atoms with Crippen LogP contribution in [0.3, 0.4) is 0 Å². The van der Waals surface area contributed by atoms with Crippen LogP contribution in [0, 0.1) is 11.3 Å². The molecule has 4 N–H and O–H groups in total. The molecule has 0 saturated heterocycles. The number of nitrogens with two attached hydrogens (primary N) is 1. The molecule has 0 aliphatic carbocycles. The molecule has 0 unspecified atom stereocenters. The number of nitrogen functional groups attached to an aromatic ring is 1. The largest absolute Gasteiger partial charge is 0.399 e. The second-order valence-corrected chi connectivity index (χ2v) is 4.78. The van der Waals surface area contributed by atoms with Crippen LogP contribution in [0.1, 0.15) is 0 Å². The molecule has 22 heavy (non-hydrogen) atoms. The standard InChI is InChI=1S/C16H13ClN4O/c17-14-3-1-2-4-15(14)21-16(22)11(9-18)10-20-13-7-5-12(19)6-8-13/h1-8,10,20H,19H2,(H,21,22)/b11-10-. The number of nitriles is 1. The molecule has 2 aromatic carbocycles. The first-order chi connectivity index (χ1) is 10.6. The fourth-order valence-corrected chi connectivity index (χ4v) is 1.82. The van der Waals surface area contributed by atoms with Gasteiger partial charge in [0.1, 0.15) is 11.6 Å². The molecule has 2 rings (SSSR count). The van der Waals surface area contributed by atoms with Gasteiger partial charge in [-0.15, -0.1) is 0 Å². The van der Waals surface area contributed by atoms with Crippen LogP contribution in [0.25, 0.3) is 0 Å². The summed E-state index contributed by atoms with van der Waals surface area (Å²) in [5.74, 6) is -0.543. The van der Waals surface area contributed by atoms with E-state index in [2.05, 4.69) is 10.6 Å². The van der Waals surface area contributed by atoms with Crippen LogP contribution in [0.2, 0.25) is 5.02 Å². The molecule has 5 nitrogen and oxygen atoms in total. The summed E-state index contributed by atoms with van der Waals surface area (Å²) in [6.07, 6.45) is 1.33. The minimum absolute atomic E-state index is 0.0725. The van der Waals surface area contributed by atoms with Gasteiger partial charge in [-0.05, 0) is 36.4 Å². The summed E-state index contributed by atoms with van der Waals surface area (Å²) in [6, 6.07) is 15.6. The van der Waals surface area contributed by atoms with Crippen LogP contribution in [-0.4, -0.2) is 5.91 Å². The molecule has 0 fully saturated rings. The van der Waals surface area contributed by atoms with Gasteiger partial charge in [-0.3, -0.25) is 4.79 Å². The molecule has 6 heteroatoms. The van der Waals surface area contributed by atoms with Crippen LogP contribution in [0.5, 0.6) is 0 Å². The third kappa shape index (κ3) is 4.01. The van der Waals surface area contributed by atoms with Crippen molar-refractivity contribution >= 4 is 34.6 Å². The lowest BCUT2D eigenvalue weighted by Gasteiger charge is -2.06. The molecule has 0 aliphatic heterocycles. The predicted molar refractivity (Wildman–Crippen MR) is 88.3 cm³/mol. The molecule has 0 radical (unpaired) electrons. The molecule has 2 aromatic rings. The highest BCUT2D eigenvalue weighted by Crippen LogP contribution is 2.21. The monoisotopic (exact) mass is 312 g/mol. The molecule has 0 aromatic heterocycles. The van der Waals surface area contributed by atoms with Crippen LogP contribution >= 0.6 is 11.6 Å². The molecule has 0 spiro atoms. The topological polar surface area (TPSA) is 90.9 Å². The third-order valence-electron chi connectivity index (χ3n) is 2.78. The Balaban J connectivity index is 2.09. The van der Waals surface area contributed by atoms with Gasteiger partial charge in [-0.25, -0.2) is 0 Å². The maximum atomic E-state index is 12.1. The van der Waals surface area contributed by atoms with Crippen molar-refractivity contribution in [1.82, 2.24) is 0 Å². The first kappa shape index (κ1) is 15.4. The van der Waals surface area contributed by atoms with Crippen LogP contribution in [-0.2, 0) is 4.79 Å². The fourth-order valence-electron chi connectivity index (χ4n) is 1.64. The lowest BCUT2D eigenvalue weighted by atomic mass is 10.2. The molecule has 0 aliphatic rings. The van der Waals surface area contributed by atoms with Gasteiger partial charge >= 0.3 is 0 Å². The summed E-state index contributed by atoms with van der Waals surface area (Å²) in [5, 5.41) is 15.0. The van der Waals surface area contributed by atoms with Crippen molar-refractivity contribution in [1.29, 1.82) is 5.26 Å². The lowest BCUT2D eigenvalue weighted by Crippen LogP contribution is -2.14. The number of carbonyl (C=O) groups is 1. The highest BCUT2D eigenvalue weighted by atomic mass is 35.5. The van der Waals surface area contributed by atoms with Gasteiger partial charge in [0.2, 0.25) is 0 Å². The number of amides is 1. The predicted octanol–water partition coefficient (Wildman–Crippen LogP) is 3.38. The van der Waals surface area contributed by atoms with E-state index in [1.165, 1.54) is 6.20 Å². The van der Waals surface area contributed by atoms with Gasteiger partial charge in [-0.1, -0.05) is 23.7 Å². The van der Waals surface area contributed by atoms with Crippen LogP contribution in [0.4, 0.5) is 17.1 Å². The average molecular weight is 313 g/mol. The number of hydrogen-bond acceptors (Lipinski definition) is 4. The number of nitrogens with zero attached hydrogens (tertiary/aromatic N) is 1. The maximum absolute atomic E-state index is 12.1. The van der Waals surface area contributed by atoms with E-state index in [4.69, 9.17) is 22.6 Å². The number of halogens is 1. The van der Waals surface area contributed by atoms with E-state index in [9.17, 15) is 4.79 Å². The van der Waals surface area contributed by atoms with E-state index in [0.29, 0.717) is 22.1 Å². The zero-order valence-corrected chi connectivity index (χ0v) is 12.3. The van der Waals surface area contributed by atoms with Crippen molar-refractivity contribution in [2.45, 2.75) is 0 Å². The Morgan fingerprint density at radius 2 is 1.86 bits per heavy atom. The summed E-state index contributed by atoms with van der Waals surface area (Å²) < 4.78 is 0. The number of para-hydroxylation sites is 1.